The van der Waals surface area contributed by atoms with E-state index in [9.17, 15) is 9.59 Å². The number of nitrogens with zero attached hydrogens (tertiary/aromatic N) is 3. The third-order valence-corrected chi connectivity index (χ3v) is 5.42. The first-order valence-corrected chi connectivity index (χ1v) is 10.2. The van der Waals surface area contributed by atoms with E-state index in [1.165, 1.54) is 16.2 Å². The summed E-state index contributed by atoms with van der Waals surface area (Å²) in [5, 5.41) is 3.25. The third-order valence-electron chi connectivity index (χ3n) is 4.04. The van der Waals surface area contributed by atoms with Crippen molar-refractivity contribution in [3.63, 3.8) is 0 Å². The van der Waals surface area contributed by atoms with E-state index in [0.29, 0.717) is 45.3 Å². The maximum absolute atomic E-state index is 13.0. The van der Waals surface area contributed by atoms with Gasteiger partial charge in [0.1, 0.15) is 15.8 Å². The fraction of sp³-hybridized carbons (Fsp3) is 0.368. The van der Waals surface area contributed by atoms with E-state index in [4.69, 9.17) is 12.2 Å². The van der Waals surface area contributed by atoms with Crippen LogP contribution in [0.5, 0.6) is 0 Å². The van der Waals surface area contributed by atoms with Crippen molar-refractivity contribution < 1.29 is 4.79 Å². The number of amides is 1. The molecule has 2 aromatic rings. The molecule has 2 aromatic heterocycles. The van der Waals surface area contributed by atoms with Crippen molar-refractivity contribution in [2.24, 2.45) is 5.92 Å². The molecule has 0 bridgehead atoms. The highest BCUT2D eigenvalue weighted by Crippen LogP contribution is 2.33. The summed E-state index contributed by atoms with van der Waals surface area (Å²) in [7, 11) is 0. The van der Waals surface area contributed by atoms with Crippen LogP contribution in [-0.4, -0.2) is 37.6 Å². The molecule has 1 fully saturated rings. The lowest BCUT2D eigenvalue weighted by Crippen LogP contribution is -2.28. The maximum atomic E-state index is 13.0. The van der Waals surface area contributed by atoms with Gasteiger partial charge in [0.05, 0.1) is 10.5 Å². The van der Waals surface area contributed by atoms with Crippen molar-refractivity contribution in [1.29, 1.82) is 0 Å². The van der Waals surface area contributed by atoms with Crippen LogP contribution in [0.3, 0.4) is 0 Å². The van der Waals surface area contributed by atoms with Crippen molar-refractivity contribution in [2.45, 2.75) is 27.2 Å². The van der Waals surface area contributed by atoms with Gasteiger partial charge >= 0.3 is 0 Å². The lowest BCUT2D eigenvalue weighted by atomic mass is 10.2. The Bertz CT molecular complexity index is 981. The smallest absolute Gasteiger partial charge is 0.267 e. The van der Waals surface area contributed by atoms with E-state index in [0.717, 1.165) is 6.42 Å². The van der Waals surface area contributed by atoms with Crippen molar-refractivity contribution in [3.8, 4) is 0 Å². The molecule has 3 heterocycles. The first-order chi connectivity index (χ1) is 12.9. The van der Waals surface area contributed by atoms with E-state index < -0.39 is 0 Å². The van der Waals surface area contributed by atoms with Crippen LogP contribution in [0.15, 0.2) is 34.1 Å². The number of thiocarbonyl (C=S) groups is 1. The molecule has 1 N–H and O–H groups in total. The average molecular weight is 403 g/mol. The van der Waals surface area contributed by atoms with Gasteiger partial charge in [-0.15, -0.1) is 0 Å². The molecule has 0 aromatic carbocycles. The number of fused-ring (bicyclic) bond motifs is 1. The second kappa shape index (κ2) is 8.22. The molecule has 142 valence electrons. The van der Waals surface area contributed by atoms with Gasteiger partial charge in [-0.2, -0.15) is 0 Å². The van der Waals surface area contributed by atoms with E-state index >= 15 is 0 Å². The standard InChI is InChI=1S/C19H22N4O2S2/c1-4-8-23-18(25)14(27-19(23)26)10-13-16(20-11-12(2)3)21-15-7-5-6-9-22(15)17(13)24/h5-7,9-10,12,20H,4,8,11H2,1-3H3. The highest BCUT2D eigenvalue weighted by atomic mass is 32.2. The molecular weight excluding hydrogens is 380 g/mol. The minimum absolute atomic E-state index is 0.154. The van der Waals surface area contributed by atoms with Crippen LogP contribution in [0.4, 0.5) is 5.82 Å². The minimum atomic E-state index is -0.215. The first kappa shape index (κ1) is 19.6. The molecule has 27 heavy (non-hydrogen) atoms. The number of thioether (sulfide) groups is 1. The van der Waals surface area contributed by atoms with Crippen LogP contribution < -0.4 is 10.9 Å². The Morgan fingerprint density at radius 3 is 2.81 bits per heavy atom. The zero-order valence-corrected chi connectivity index (χ0v) is 17.2. The molecule has 0 unspecified atom stereocenters. The molecule has 1 amide bonds. The molecule has 0 atom stereocenters. The average Bonchev–Trinajstić information content (AvgIpc) is 2.90. The van der Waals surface area contributed by atoms with Crippen LogP contribution in [0.2, 0.25) is 0 Å². The van der Waals surface area contributed by atoms with Crippen molar-refractivity contribution in [1.82, 2.24) is 14.3 Å². The minimum Gasteiger partial charge on any atom is -0.369 e. The number of rotatable bonds is 6. The Labute approximate surface area is 167 Å². The lowest BCUT2D eigenvalue weighted by molar-refractivity contribution is -0.122. The number of pyridine rings is 1. The van der Waals surface area contributed by atoms with Gasteiger partial charge in [-0.1, -0.05) is 50.8 Å². The largest absolute Gasteiger partial charge is 0.369 e. The molecule has 1 aliphatic heterocycles. The van der Waals surface area contributed by atoms with Crippen molar-refractivity contribution >= 4 is 51.7 Å². The van der Waals surface area contributed by atoms with Gasteiger partial charge in [0.15, 0.2) is 0 Å². The Hall–Kier alpha value is -2.19. The first-order valence-electron chi connectivity index (χ1n) is 8.93. The normalized spacial score (nSPS) is 16.1. The summed E-state index contributed by atoms with van der Waals surface area (Å²) >= 11 is 6.55. The Kier molecular flexibility index (Phi) is 5.96. The summed E-state index contributed by atoms with van der Waals surface area (Å²) in [4.78, 5) is 32.3. The van der Waals surface area contributed by atoms with Crippen LogP contribution in [-0.2, 0) is 4.79 Å². The number of aromatic nitrogens is 2. The summed E-state index contributed by atoms with van der Waals surface area (Å²) < 4.78 is 2.01. The number of hydrogen-bond acceptors (Lipinski definition) is 6. The van der Waals surface area contributed by atoms with Gasteiger partial charge in [0.2, 0.25) is 0 Å². The Morgan fingerprint density at radius 2 is 2.11 bits per heavy atom. The topological polar surface area (TPSA) is 66.7 Å². The molecule has 8 heteroatoms. The number of carbonyl (C=O) groups excluding carboxylic acids is 1. The second-order valence-electron chi connectivity index (χ2n) is 6.72. The van der Waals surface area contributed by atoms with Gasteiger partial charge in [-0.05, 0) is 30.5 Å². The number of hydrogen-bond donors (Lipinski definition) is 1. The van der Waals surface area contributed by atoms with E-state index in [-0.39, 0.29) is 11.5 Å². The molecule has 0 saturated carbocycles. The van der Waals surface area contributed by atoms with Crippen LogP contribution >= 0.6 is 24.0 Å². The molecule has 0 spiro atoms. The quantitative estimate of drug-likeness (QED) is 0.590. The summed E-state index contributed by atoms with van der Waals surface area (Å²) in [5.74, 6) is 0.719. The van der Waals surface area contributed by atoms with Gasteiger partial charge < -0.3 is 5.32 Å². The predicted molar refractivity (Wildman–Crippen MR) is 115 cm³/mol. The number of anilines is 1. The molecule has 0 aliphatic carbocycles. The maximum Gasteiger partial charge on any atom is 0.267 e. The van der Waals surface area contributed by atoms with Gasteiger partial charge in [-0.3, -0.25) is 18.9 Å². The zero-order chi connectivity index (χ0) is 19.6. The molecule has 1 saturated heterocycles. The van der Waals surface area contributed by atoms with E-state index in [2.05, 4.69) is 24.1 Å². The molecule has 1 aliphatic rings. The Morgan fingerprint density at radius 1 is 1.33 bits per heavy atom. The molecule has 6 nitrogen and oxygen atoms in total. The van der Waals surface area contributed by atoms with Crippen LogP contribution in [0.25, 0.3) is 11.7 Å². The van der Waals surface area contributed by atoms with E-state index in [1.54, 1.807) is 29.3 Å². The highest BCUT2D eigenvalue weighted by Gasteiger charge is 2.31. The van der Waals surface area contributed by atoms with Crippen LogP contribution in [0, 0.1) is 5.92 Å². The highest BCUT2D eigenvalue weighted by molar-refractivity contribution is 8.26. The number of nitrogens with one attached hydrogen (secondary N) is 1. The van der Waals surface area contributed by atoms with Gasteiger partial charge in [0.25, 0.3) is 11.5 Å². The molecular formula is C19H22N4O2S2. The van der Waals surface area contributed by atoms with Crippen molar-refractivity contribution in [3.05, 3.63) is 45.2 Å². The summed E-state index contributed by atoms with van der Waals surface area (Å²) in [5.41, 5.74) is 0.716. The third kappa shape index (κ3) is 4.06. The molecule has 3 rings (SSSR count). The monoisotopic (exact) mass is 402 g/mol. The summed E-state index contributed by atoms with van der Waals surface area (Å²) in [6.07, 6.45) is 4.12. The summed E-state index contributed by atoms with van der Waals surface area (Å²) in [6.45, 7) is 7.41. The number of carbonyl (C=O) groups is 1. The molecule has 0 radical (unpaired) electrons. The van der Waals surface area contributed by atoms with Gasteiger partial charge in [-0.25, -0.2) is 4.98 Å². The van der Waals surface area contributed by atoms with Crippen LogP contribution in [0.1, 0.15) is 32.8 Å². The van der Waals surface area contributed by atoms with E-state index in [1.807, 2.05) is 13.0 Å². The Balaban J connectivity index is 2.10. The van der Waals surface area contributed by atoms with Crippen molar-refractivity contribution in [2.75, 3.05) is 18.4 Å². The predicted octanol–water partition coefficient (Wildman–Crippen LogP) is 3.37. The SMILES string of the molecule is CCCN1C(=O)C(=Cc2c(NCC(C)C)nc3ccccn3c2=O)SC1=S. The lowest BCUT2D eigenvalue weighted by Gasteiger charge is -2.13. The zero-order valence-electron chi connectivity index (χ0n) is 15.6. The van der Waals surface area contributed by atoms with Gasteiger partial charge in [0, 0.05) is 19.3 Å². The fourth-order valence-electron chi connectivity index (χ4n) is 2.72. The fourth-order valence-corrected chi connectivity index (χ4v) is 4.01. The summed E-state index contributed by atoms with van der Waals surface area (Å²) in [6, 6.07) is 5.40. The second-order valence-corrected chi connectivity index (χ2v) is 8.39.